The molecule has 1 unspecified atom stereocenters. The van der Waals surface area contributed by atoms with E-state index >= 15 is 0 Å². The summed E-state index contributed by atoms with van der Waals surface area (Å²) in [4.78, 5) is 16.6. The summed E-state index contributed by atoms with van der Waals surface area (Å²) in [5, 5.41) is 2.91. The van der Waals surface area contributed by atoms with Crippen molar-refractivity contribution in [2.45, 2.75) is 5.25 Å². The van der Waals surface area contributed by atoms with E-state index in [1.165, 1.54) is 20.4 Å². The van der Waals surface area contributed by atoms with E-state index < -0.39 is 21.1 Å². The summed E-state index contributed by atoms with van der Waals surface area (Å²) in [6.07, 6.45) is 1.19. The van der Waals surface area contributed by atoms with Gasteiger partial charge in [0, 0.05) is 25.1 Å². The third-order valence-electron chi connectivity index (χ3n) is 3.73. The molecule has 0 spiro atoms. The van der Waals surface area contributed by atoms with E-state index in [0.717, 1.165) is 5.06 Å². The summed E-state index contributed by atoms with van der Waals surface area (Å²) in [6, 6.07) is 15.2. The number of nitrogens with zero attached hydrogens (tertiary/aromatic N) is 1. The largest absolute Gasteiger partial charge is 0.492 e. The molecule has 0 saturated heterocycles. The zero-order valence-corrected chi connectivity index (χ0v) is 15.7. The lowest BCUT2D eigenvalue weighted by atomic mass is 10.1. The number of hydroxylamine groups is 2. The van der Waals surface area contributed by atoms with Gasteiger partial charge in [0.05, 0.1) is 7.11 Å². The third kappa shape index (κ3) is 5.47. The summed E-state index contributed by atoms with van der Waals surface area (Å²) in [6.45, 7) is -0.0295. The summed E-state index contributed by atoms with van der Waals surface area (Å²) < 4.78 is 29.9. The van der Waals surface area contributed by atoms with Gasteiger partial charge in [-0.3, -0.25) is 4.84 Å². The minimum Gasteiger partial charge on any atom is -0.492 e. The van der Waals surface area contributed by atoms with Gasteiger partial charge in [-0.15, -0.1) is 0 Å². The molecule has 26 heavy (non-hydrogen) atoms. The average molecular weight is 378 g/mol. The summed E-state index contributed by atoms with van der Waals surface area (Å²) in [5.74, 6) is 0.451. The molecule has 2 amide bonds. The number of rotatable bonds is 7. The Bertz CT molecular complexity index is 840. The minimum absolute atomic E-state index is 0.0295. The fourth-order valence-corrected chi connectivity index (χ4v) is 3.22. The van der Waals surface area contributed by atoms with Crippen molar-refractivity contribution < 1.29 is 22.8 Å². The van der Waals surface area contributed by atoms with Crippen molar-refractivity contribution in [3.63, 3.8) is 0 Å². The fourth-order valence-electron chi connectivity index (χ4n) is 2.26. The second-order valence-corrected chi connectivity index (χ2v) is 7.91. The van der Waals surface area contributed by atoms with E-state index in [0.29, 0.717) is 17.0 Å². The number of anilines is 1. The topological polar surface area (TPSA) is 84.9 Å². The van der Waals surface area contributed by atoms with Crippen LogP contribution in [0.5, 0.6) is 5.75 Å². The quantitative estimate of drug-likeness (QED) is 0.749. The van der Waals surface area contributed by atoms with Crippen LogP contribution in [0.1, 0.15) is 10.8 Å². The van der Waals surface area contributed by atoms with Gasteiger partial charge in [0.25, 0.3) is 0 Å². The van der Waals surface area contributed by atoms with Crippen molar-refractivity contribution in [3.05, 3.63) is 60.2 Å². The van der Waals surface area contributed by atoms with Crippen LogP contribution in [0, 0.1) is 0 Å². The van der Waals surface area contributed by atoms with Gasteiger partial charge in [-0.05, 0) is 17.7 Å². The molecule has 0 fully saturated rings. The lowest BCUT2D eigenvalue weighted by Crippen LogP contribution is -2.30. The lowest BCUT2D eigenvalue weighted by Gasteiger charge is -2.18. The van der Waals surface area contributed by atoms with E-state index in [9.17, 15) is 13.2 Å². The molecule has 1 atom stereocenters. The number of carbonyl (C=O) groups is 1. The number of sulfone groups is 1. The van der Waals surface area contributed by atoms with E-state index in [1.807, 2.05) is 6.07 Å². The Labute approximate surface area is 153 Å². The van der Waals surface area contributed by atoms with Crippen LogP contribution in [0.3, 0.4) is 0 Å². The van der Waals surface area contributed by atoms with Crippen LogP contribution in [-0.4, -0.2) is 46.5 Å². The molecule has 8 heteroatoms. The van der Waals surface area contributed by atoms with Crippen molar-refractivity contribution in [1.29, 1.82) is 0 Å². The second-order valence-electron chi connectivity index (χ2n) is 5.68. The van der Waals surface area contributed by atoms with Gasteiger partial charge < -0.3 is 10.1 Å². The molecule has 0 aromatic heterocycles. The zero-order chi connectivity index (χ0) is 19.2. The molecule has 0 bridgehead atoms. The van der Waals surface area contributed by atoms with Gasteiger partial charge >= 0.3 is 6.03 Å². The maximum absolute atomic E-state index is 12.1. The first kappa shape index (κ1) is 19.7. The Balaban J connectivity index is 2.10. The van der Waals surface area contributed by atoms with Gasteiger partial charge in [0.2, 0.25) is 0 Å². The number of carbonyl (C=O) groups excluding carboxylic acids is 1. The molecule has 0 aliphatic carbocycles. The zero-order valence-electron chi connectivity index (χ0n) is 14.9. The van der Waals surface area contributed by atoms with Gasteiger partial charge in [0.1, 0.15) is 17.6 Å². The predicted octanol–water partition coefficient (Wildman–Crippen LogP) is 2.88. The van der Waals surface area contributed by atoms with Gasteiger partial charge in [-0.25, -0.2) is 18.3 Å². The first-order valence-electron chi connectivity index (χ1n) is 7.86. The van der Waals surface area contributed by atoms with Crippen LogP contribution in [-0.2, 0) is 14.7 Å². The highest BCUT2D eigenvalue weighted by Gasteiger charge is 2.23. The first-order valence-corrected chi connectivity index (χ1v) is 9.82. The van der Waals surface area contributed by atoms with Crippen LogP contribution < -0.4 is 10.1 Å². The summed E-state index contributed by atoms with van der Waals surface area (Å²) in [7, 11) is -0.488. The maximum Gasteiger partial charge on any atom is 0.345 e. The normalized spacial score (nSPS) is 12.3. The lowest BCUT2D eigenvalue weighted by molar-refractivity contribution is -0.0598. The molecule has 140 valence electrons. The standard InChI is InChI=1S/C18H22N2O5S/c1-20(24-2)18(21)19-15-10-7-11-16(12-15)25-13-17(26(3,22)23)14-8-5-4-6-9-14/h4-12,17H,13H2,1-3H3,(H,19,21). The number of hydrogen-bond acceptors (Lipinski definition) is 5. The maximum atomic E-state index is 12.1. The van der Waals surface area contributed by atoms with E-state index in [1.54, 1.807) is 48.5 Å². The average Bonchev–Trinajstić information content (AvgIpc) is 2.61. The summed E-state index contributed by atoms with van der Waals surface area (Å²) in [5.41, 5.74) is 1.17. The van der Waals surface area contributed by atoms with E-state index in [4.69, 9.17) is 9.57 Å². The second kappa shape index (κ2) is 8.68. The number of ether oxygens (including phenoxy) is 1. The molecular weight excluding hydrogens is 356 g/mol. The molecule has 1 N–H and O–H groups in total. The third-order valence-corrected chi connectivity index (χ3v) is 5.18. The number of urea groups is 1. The highest BCUT2D eigenvalue weighted by atomic mass is 32.2. The highest BCUT2D eigenvalue weighted by molar-refractivity contribution is 7.91. The molecule has 0 saturated carbocycles. The molecular formula is C18H22N2O5S. The minimum atomic E-state index is -3.35. The predicted molar refractivity (Wildman–Crippen MR) is 99.8 cm³/mol. The number of amides is 2. The van der Waals surface area contributed by atoms with Crippen molar-refractivity contribution in [1.82, 2.24) is 5.06 Å². The highest BCUT2D eigenvalue weighted by Crippen LogP contribution is 2.24. The van der Waals surface area contributed by atoms with Crippen LogP contribution >= 0.6 is 0 Å². The molecule has 2 aromatic rings. The van der Waals surface area contributed by atoms with E-state index in [2.05, 4.69) is 5.32 Å². The molecule has 0 radical (unpaired) electrons. The molecule has 0 aliphatic heterocycles. The first-order chi connectivity index (χ1) is 12.3. The fraction of sp³-hybridized carbons (Fsp3) is 0.278. The Kier molecular flexibility index (Phi) is 6.59. The van der Waals surface area contributed by atoms with Crippen molar-refractivity contribution >= 4 is 21.6 Å². The van der Waals surface area contributed by atoms with Crippen LogP contribution in [0.2, 0.25) is 0 Å². The Morgan fingerprint density at radius 1 is 1.15 bits per heavy atom. The summed E-state index contributed by atoms with van der Waals surface area (Å²) >= 11 is 0. The van der Waals surface area contributed by atoms with Gasteiger partial charge in [-0.1, -0.05) is 36.4 Å². The van der Waals surface area contributed by atoms with E-state index in [-0.39, 0.29) is 6.61 Å². The molecule has 0 aliphatic rings. The van der Waals surface area contributed by atoms with Gasteiger partial charge in [0.15, 0.2) is 9.84 Å². The van der Waals surface area contributed by atoms with Crippen molar-refractivity contribution in [3.8, 4) is 5.75 Å². The molecule has 2 rings (SSSR count). The van der Waals surface area contributed by atoms with Crippen molar-refractivity contribution in [2.24, 2.45) is 0 Å². The monoisotopic (exact) mass is 378 g/mol. The molecule has 7 nitrogen and oxygen atoms in total. The number of nitrogens with one attached hydrogen (secondary N) is 1. The molecule has 0 heterocycles. The van der Waals surface area contributed by atoms with Gasteiger partial charge in [-0.2, -0.15) is 0 Å². The Morgan fingerprint density at radius 2 is 1.85 bits per heavy atom. The van der Waals surface area contributed by atoms with Crippen LogP contribution in [0.4, 0.5) is 10.5 Å². The smallest absolute Gasteiger partial charge is 0.345 e. The molecule has 2 aromatic carbocycles. The Hall–Kier alpha value is -2.58. The van der Waals surface area contributed by atoms with Crippen LogP contribution in [0.25, 0.3) is 0 Å². The SMILES string of the molecule is CON(C)C(=O)Nc1cccc(OCC(c2ccccc2)S(C)(=O)=O)c1. The number of benzene rings is 2. The number of hydrogen-bond donors (Lipinski definition) is 1. The van der Waals surface area contributed by atoms with Crippen molar-refractivity contribution in [2.75, 3.05) is 32.3 Å². The Morgan fingerprint density at radius 3 is 2.46 bits per heavy atom. The van der Waals surface area contributed by atoms with Crippen LogP contribution in [0.15, 0.2) is 54.6 Å².